The van der Waals surface area contributed by atoms with E-state index in [0.29, 0.717) is 0 Å². The molecule has 1 fully saturated rings. The van der Waals surface area contributed by atoms with Crippen molar-refractivity contribution >= 4 is 5.97 Å². The molecule has 3 nitrogen and oxygen atoms in total. The first-order valence-electron chi connectivity index (χ1n) is 5.63. The highest BCUT2D eigenvalue weighted by atomic mass is 16.4. The average Bonchev–Trinajstić information content (AvgIpc) is 2.19. The van der Waals surface area contributed by atoms with Gasteiger partial charge in [0.15, 0.2) is 0 Å². The minimum Gasteiger partial charge on any atom is -0.480 e. The quantitative estimate of drug-likeness (QED) is 0.728. The van der Waals surface area contributed by atoms with E-state index in [1.807, 2.05) is 6.92 Å². The van der Waals surface area contributed by atoms with Gasteiger partial charge in [0.2, 0.25) is 0 Å². The van der Waals surface area contributed by atoms with Crippen molar-refractivity contribution in [1.29, 1.82) is 0 Å². The number of hydrogen-bond acceptors (Lipinski definition) is 2. The van der Waals surface area contributed by atoms with Gasteiger partial charge in [-0.05, 0) is 38.1 Å². The number of rotatable bonds is 4. The summed E-state index contributed by atoms with van der Waals surface area (Å²) >= 11 is 0. The number of hydrogen-bond donors (Lipinski definition) is 2. The van der Waals surface area contributed by atoms with Crippen LogP contribution in [0.3, 0.4) is 0 Å². The smallest absolute Gasteiger partial charge is 0.323 e. The van der Waals surface area contributed by atoms with Crippen molar-refractivity contribution in [3.05, 3.63) is 0 Å². The zero-order valence-electron chi connectivity index (χ0n) is 9.18. The van der Waals surface area contributed by atoms with E-state index in [9.17, 15) is 9.90 Å². The number of aliphatic carboxylic acids is 1. The second-order valence-electron chi connectivity index (χ2n) is 4.27. The molecule has 0 amide bonds. The third kappa shape index (κ3) is 2.27. The van der Waals surface area contributed by atoms with Crippen LogP contribution in [0.15, 0.2) is 0 Å². The lowest BCUT2D eigenvalue weighted by Crippen LogP contribution is -2.54. The van der Waals surface area contributed by atoms with Crippen molar-refractivity contribution in [1.82, 2.24) is 5.32 Å². The van der Waals surface area contributed by atoms with Crippen molar-refractivity contribution in [3.63, 3.8) is 0 Å². The van der Waals surface area contributed by atoms with Gasteiger partial charge in [-0.15, -0.1) is 0 Å². The molecule has 1 aliphatic carbocycles. The minimum atomic E-state index is -0.672. The molecule has 0 unspecified atom stereocenters. The molecule has 14 heavy (non-hydrogen) atoms. The van der Waals surface area contributed by atoms with E-state index in [2.05, 4.69) is 12.2 Å². The Morgan fingerprint density at radius 1 is 1.43 bits per heavy atom. The van der Waals surface area contributed by atoms with Crippen LogP contribution in [-0.2, 0) is 4.79 Å². The van der Waals surface area contributed by atoms with E-state index in [4.69, 9.17) is 0 Å². The largest absolute Gasteiger partial charge is 0.480 e. The standard InChI is InChI=1S/C11H21NO2/c1-3-9-5-7-11(8-6-9,10(13)14)12-4-2/h9,12H,3-8H2,1-2H3,(H,13,14). The van der Waals surface area contributed by atoms with E-state index in [1.165, 1.54) is 6.42 Å². The van der Waals surface area contributed by atoms with E-state index >= 15 is 0 Å². The maximum absolute atomic E-state index is 11.2. The van der Waals surface area contributed by atoms with Gasteiger partial charge in [0.1, 0.15) is 5.54 Å². The number of carboxylic acids is 1. The molecule has 1 rings (SSSR count). The molecule has 0 spiro atoms. The highest BCUT2D eigenvalue weighted by molar-refractivity contribution is 5.78. The molecule has 0 bridgehead atoms. The lowest BCUT2D eigenvalue weighted by Gasteiger charge is -2.37. The maximum atomic E-state index is 11.2. The fourth-order valence-corrected chi connectivity index (χ4v) is 2.38. The monoisotopic (exact) mass is 199 g/mol. The molecule has 0 heterocycles. The fourth-order valence-electron chi connectivity index (χ4n) is 2.38. The Morgan fingerprint density at radius 2 is 2.00 bits per heavy atom. The third-order valence-electron chi connectivity index (χ3n) is 3.46. The number of carbonyl (C=O) groups is 1. The summed E-state index contributed by atoms with van der Waals surface area (Å²) in [6, 6.07) is 0. The summed E-state index contributed by atoms with van der Waals surface area (Å²) in [5.41, 5.74) is -0.625. The van der Waals surface area contributed by atoms with Crippen LogP contribution in [0.4, 0.5) is 0 Å². The molecule has 82 valence electrons. The summed E-state index contributed by atoms with van der Waals surface area (Å²) < 4.78 is 0. The predicted octanol–water partition coefficient (Wildman–Crippen LogP) is 2.02. The summed E-state index contributed by atoms with van der Waals surface area (Å²) in [4.78, 5) is 11.2. The fraction of sp³-hybridized carbons (Fsp3) is 0.909. The number of likely N-dealkylation sites (N-methyl/N-ethyl adjacent to an activating group) is 1. The van der Waals surface area contributed by atoms with Crippen LogP contribution >= 0.6 is 0 Å². The van der Waals surface area contributed by atoms with Gasteiger partial charge in [-0.1, -0.05) is 20.3 Å². The average molecular weight is 199 g/mol. The lowest BCUT2D eigenvalue weighted by molar-refractivity contribution is -0.146. The molecular weight excluding hydrogens is 178 g/mol. The normalized spacial score (nSPS) is 32.9. The van der Waals surface area contributed by atoms with E-state index < -0.39 is 11.5 Å². The summed E-state index contributed by atoms with van der Waals surface area (Å²) in [6.45, 7) is 4.89. The Morgan fingerprint density at radius 3 is 2.36 bits per heavy atom. The van der Waals surface area contributed by atoms with Gasteiger partial charge in [-0.25, -0.2) is 0 Å². The van der Waals surface area contributed by atoms with Gasteiger partial charge in [-0.2, -0.15) is 0 Å². The van der Waals surface area contributed by atoms with Crippen LogP contribution in [-0.4, -0.2) is 23.2 Å². The van der Waals surface area contributed by atoms with E-state index in [1.54, 1.807) is 0 Å². The summed E-state index contributed by atoms with van der Waals surface area (Å²) in [7, 11) is 0. The second-order valence-corrected chi connectivity index (χ2v) is 4.27. The molecule has 0 aromatic rings. The van der Waals surface area contributed by atoms with Crippen molar-refractivity contribution in [2.24, 2.45) is 5.92 Å². The zero-order chi connectivity index (χ0) is 10.6. The van der Waals surface area contributed by atoms with Crippen LogP contribution in [0.25, 0.3) is 0 Å². The summed E-state index contributed by atoms with van der Waals surface area (Å²) in [6.07, 6.45) is 4.86. The Hall–Kier alpha value is -0.570. The molecule has 0 aromatic heterocycles. The Bertz CT molecular complexity index is 195. The topological polar surface area (TPSA) is 49.3 Å². The van der Waals surface area contributed by atoms with Crippen LogP contribution in [0.1, 0.15) is 46.0 Å². The SMILES string of the molecule is CCNC1(C(=O)O)CCC(CC)CC1. The molecule has 1 saturated carbocycles. The Labute approximate surface area is 85.9 Å². The third-order valence-corrected chi connectivity index (χ3v) is 3.46. The van der Waals surface area contributed by atoms with Crippen LogP contribution < -0.4 is 5.32 Å². The first kappa shape index (κ1) is 11.5. The van der Waals surface area contributed by atoms with Crippen LogP contribution in [0, 0.1) is 5.92 Å². The first-order chi connectivity index (χ1) is 6.64. The van der Waals surface area contributed by atoms with Crippen molar-refractivity contribution in [2.75, 3.05) is 6.54 Å². The number of carboxylic acid groups (broad SMARTS) is 1. The van der Waals surface area contributed by atoms with E-state index in [-0.39, 0.29) is 0 Å². The van der Waals surface area contributed by atoms with Gasteiger partial charge in [0.05, 0.1) is 0 Å². The molecule has 2 N–H and O–H groups in total. The van der Waals surface area contributed by atoms with Crippen molar-refractivity contribution in [3.8, 4) is 0 Å². The summed E-state index contributed by atoms with van der Waals surface area (Å²) in [5, 5.41) is 12.4. The predicted molar refractivity (Wildman–Crippen MR) is 56.3 cm³/mol. The highest BCUT2D eigenvalue weighted by Crippen LogP contribution is 2.33. The van der Waals surface area contributed by atoms with Crippen LogP contribution in [0.5, 0.6) is 0 Å². The molecule has 0 aromatic carbocycles. The van der Waals surface area contributed by atoms with E-state index in [0.717, 1.165) is 38.1 Å². The van der Waals surface area contributed by atoms with Gasteiger partial charge in [-0.3, -0.25) is 4.79 Å². The lowest BCUT2D eigenvalue weighted by atomic mass is 9.75. The zero-order valence-corrected chi connectivity index (χ0v) is 9.18. The maximum Gasteiger partial charge on any atom is 0.323 e. The highest BCUT2D eigenvalue weighted by Gasteiger charge is 2.40. The van der Waals surface area contributed by atoms with Gasteiger partial charge < -0.3 is 10.4 Å². The minimum absolute atomic E-state index is 0.625. The van der Waals surface area contributed by atoms with Crippen molar-refractivity contribution in [2.45, 2.75) is 51.5 Å². The van der Waals surface area contributed by atoms with Gasteiger partial charge >= 0.3 is 5.97 Å². The molecular formula is C11H21NO2. The van der Waals surface area contributed by atoms with Gasteiger partial charge in [0.25, 0.3) is 0 Å². The molecule has 3 heteroatoms. The first-order valence-corrected chi connectivity index (χ1v) is 5.63. The van der Waals surface area contributed by atoms with Crippen molar-refractivity contribution < 1.29 is 9.90 Å². The molecule has 0 radical (unpaired) electrons. The molecule has 0 saturated heterocycles. The Kier molecular flexibility index (Phi) is 3.93. The van der Waals surface area contributed by atoms with Crippen LogP contribution in [0.2, 0.25) is 0 Å². The second kappa shape index (κ2) is 4.78. The number of nitrogens with one attached hydrogen (secondary N) is 1. The molecule has 1 aliphatic rings. The molecule has 0 aliphatic heterocycles. The molecule has 0 atom stereocenters. The summed E-state index contributed by atoms with van der Waals surface area (Å²) in [5.74, 6) is 0.0648. The Balaban J connectivity index is 2.59. The van der Waals surface area contributed by atoms with Gasteiger partial charge in [0, 0.05) is 0 Å².